The quantitative estimate of drug-likeness (QED) is 0.628. The van der Waals surface area contributed by atoms with E-state index < -0.39 is 0 Å². The normalized spacial score (nSPS) is 10.2. The van der Waals surface area contributed by atoms with Gasteiger partial charge in [-0.15, -0.1) is 11.6 Å². The van der Waals surface area contributed by atoms with E-state index in [1.54, 1.807) is 0 Å². The maximum atomic E-state index is 5.64. The minimum Gasteiger partial charge on any atom is -0.127 e. The highest BCUT2D eigenvalue weighted by Gasteiger charge is 1.97. The number of halogens is 1. The maximum absolute atomic E-state index is 5.64. The summed E-state index contributed by atoms with van der Waals surface area (Å²) in [5.41, 5.74) is 4.16. The molecule has 0 N–H and O–H groups in total. The molecule has 0 aliphatic rings. The predicted octanol–water partition coefficient (Wildman–Crippen LogP) is 3.47. The van der Waals surface area contributed by atoms with Gasteiger partial charge in [0.2, 0.25) is 0 Å². The zero-order valence-corrected chi connectivity index (χ0v) is 8.49. The topological polar surface area (TPSA) is 0 Å². The molecule has 1 aromatic carbocycles. The number of aryl methyl sites for hydroxylation is 3. The van der Waals surface area contributed by atoms with Gasteiger partial charge in [-0.3, -0.25) is 0 Å². The average molecular weight is 183 g/mol. The second-order valence-electron chi connectivity index (χ2n) is 3.22. The standard InChI is InChI=1S/C11H15Cl/c1-9-5-6-10(2)11(8-9)4-3-7-12/h5-6,8H,3-4,7H2,1-2H3. The Hall–Kier alpha value is -0.490. The third-order valence-electron chi connectivity index (χ3n) is 2.08. The highest BCUT2D eigenvalue weighted by atomic mass is 35.5. The fourth-order valence-electron chi connectivity index (χ4n) is 1.33. The Morgan fingerprint density at radius 2 is 2.00 bits per heavy atom. The lowest BCUT2D eigenvalue weighted by Crippen LogP contribution is -1.91. The Bertz CT molecular complexity index is 253. The summed E-state index contributed by atoms with van der Waals surface area (Å²) in [5, 5.41) is 0. The number of hydrogen-bond donors (Lipinski definition) is 0. The van der Waals surface area contributed by atoms with Crippen LogP contribution in [0.3, 0.4) is 0 Å². The van der Waals surface area contributed by atoms with Crippen LogP contribution >= 0.6 is 11.6 Å². The Balaban J connectivity index is 2.75. The second-order valence-corrected chi connectivity index (χ2v) is 3.60. The summed E-state index contributed by atoms with van der Waals surface area (Å²) in [4.78, 5) is 0. The van der Waals surface area contributed by atoms with Gasteiger partial charge in [-0.2, -0.15) is 0 Å². The van der Waals surface area contributed by atoms with Crippen molar-refractivity contribution in [3.05, 3.63) is 34.9 Å². The number of rotatable bonds is 3. The first-order chi connectivity index (χ1) is 5.74. The zero-order valence-electron chi connectivity index (χ0n) is 7.73. The van der Waals surface area contributed by atoms with Gasteiger partial charge in [0, 0.05) is 5.88 Å². The van der Waals surface area contributed by atoms with E-state index in [9.17, 15) is 0 Å². The van der Waals surface area contributed by atoms with Crippen LogP contribution < -0.4 is 0 Å². The SMILES string of the molecule is Cc1ccc(C)c(CCCCl)c1. The summed E-state index contributed by atoms with van der Waals surface area (Å²) in [6, 6.07) is 6.58. The minimum absolute atomic E-state index is 0.757. The fourth-order valence-corrected chi connectivity index (χ4v) is 1.46. The van der Waals surface area contributed by atoms with Crippen molar-refractivity contribution in [1.82, 2.24) is 0 Å². The van der Waals surface area contributed by atoms with Crippen molar-refractivity contribution in [1.29, 1.82) is 0 Å². The van der Waals surface area contributed by atoms with Crippen LogP contribution in [-0.2, 0) is 6.42 Å². The van der Waals surface area contributed by atoms with Crippen molar-refractivity contribution in [3.8, 4) is 0 Å². The molecule has 0 unspecified atom stereocenters. The lowest BCUT2D eigenvalue weighted by atomic mass is 10.0. The van der Waals surface area contributed by atoms with E-state index in [2.05, 4.69) is 32.0 Å². The largest absolute Gasteiger partial charge is 0.127 e. The second kappa shape index (κ2) is 4.51. The van der Waals surface area contributed by atoms with E-state index in [0.717, 1.165) is 18.7 Å². The number of hydrogen-bond acceptors (Lipinski definition) is 0. The molecule has 0 fully saturated rings. The van der Waals surface area contributed by atoms with E-state index in [0.29, 0.717) is 0 Å². The molecule has 1 aromatic rings. The van der Waals surface area contributed by atoms with Gasteiger partial charge in [-0.25, -0.2) is 0 Å². The molecule has 0 atom stereocenters. The first-order valence-corrected chi connectivity index (χ1v) is 4.89. The Kier molecular flexibility index (Phi) is 3.61. The molecule has 12 heavy (non-hydrogen) atoms. The smallest absolute Gasteiger partial charge is 0.0226 e. The summed E-state index contributed by atoms with van der Waals surface area (Å²) in [7, 11) is 0. The lowest BCUT2D eigenvalue weighted by molar-refractivity contribution is 0.917. The Morgan fingerprint density at radius 1 is 1.25 bits per heavy atom. The zero-order chi connectivity index (χ0) is 8.97. The van der Waals surface area contributed by atoms with Crippen LogP contribution in [0.25, 0.3) is 0 Å². The van der Waals surface area contributed by atoms with Crippen molar-refractivity contribution in [2.75, 3.05) is 5.88 Å². The molecule has 0 spiro atoms. The molecular weight excluding hydrogens is 168 g/mol. The molecule has 0 amide bonds. The summed E-state index contributed by atoms with van der Waals surface area (Å²) >= 11 is 5.64. The van der Waals surface area contributed by atoms with Gasteiger partial charge >= 0.3 is 0 Å². The van der Waals surface area contributed by atoms with Gasteiger partial charge in [-0.05, 0) is 37.8 Å². The van der Waals surface area contributed by atoms with Crippen LogP contribution in [0.4, 0.5) is 0 Å². The average Bonchev–Trinajstić information content (AvgIpc) is 2.07. The van der Waals surface area contributed by atoms with Crippen LogP contribution in [0, 0.1) is 13.8 Å². The van der Waals surface area contributed by atoms with Gasteiger partial charge in [0.05, 0.1) is 0 Å². The van der Waals surface area contributed by atoms with Crippen molar-refractivity contribution in [3.63, 3.8) is 0 Å². The summed E-state index contributed by atoms with van der Waals surface area (Å²) in [6.07, 6.45) is 2.18. The fraction of sp³-hybridized carbons (Fsp3) is 0.455. The van der Waals surface area contributed by atoms with Crippen LogP contribution in [0.2, 0.25) is 0 Å². The molecule has 0 heterocycles. The van der Waals surface area contributed by atoms with Crippen molar-refractivity contribution < 1.29 is 0 Å². The van der Waals surface area contributed by atoms with Gasteiger partial charge in [-0.1, -0.05) is 23.8 Å². The number of alkyl halides is 1. The molecule has 0 radical (unpaired) electrons. The van der Waals surface area contributed by atoms with Crippen LogP contribution in [-0.4, -0.2) is 5.88 Å². The molecule has 0 nitrogen and oxygen atoms in total. The van der Waals surface area contributed by atoms with Crippen LogP contribution in [0.1, 0.15) is 23.1 Å². The minimum atomic E-state index is 0.757. The maximum Gasteiger partial charge on any atom is 0.0226 e. The number of benzene rings is 1. The lowest BCUT2D eigenvalue weighted by Gasteiger charge is -2.05. The van der Waals surface area contributed by atoms with E-state index >= 15 is 0 Å². The Labute approximate surface area is 79.6 Å². The highest BCUT2D eigenvalue weighted by Crippen LogP contribution is 2.12. The Morgan fingerprint density at radius 3 is 2.67 bits per heavy atom. The summed E-state index contributed by atoms with van der Waals surface area (Å²) < 4.78 is 0. The highest BCUT2D eigenvalue weighted by molar-refractivity contribution is 6.17. The summed E-state index contributed by atoms with van der Waals surface area (Å²) in [6.45, 7) is 4.28. The molecule has 0 saturated carbocycles. The predicted molar refractivity (Wildman–Crippen MR) is 55.0 cm³/mol. The molecular formula is C11H15Cl. The van der Waals surface area contributed by atoms with E-state index in [1.807, 2.05) is 0 Å². The van der Waals surface area contributed by atoms with Gasteiger partial charge in [0.25, 0.3) is 0 Å². The molecule has 0 aliphatic carbocycles. The molecule has 0 bridgehead atoms. The van der Waals surface area contributed by atoms with E-state index in [4.69, 9.17) is 11.6 Å². The molecule has 66 valence electrons. The third-order valence-corrected chi connectivity index (χ3v) is 2.35. The first-order valence-electron chi connectivity index (χ1n) is 4.36. The van der Waals surface area contributed by atoms with Gasteiger partial charge in [0.1, 0.15) is 0 Å². The van der Waals surface area contributed by atoms with Crippen LogP contribution in [0.5, 0.6) is 0 Å². The summed E-state index contributed by atoms with van der Waals surface area (Å²) in [5.74, 6) is 0.757. The molecule has 0 saturated heterocycles. The molecule has 1 rings (SSSR count). The monoisotopic (exact) mass is 182 g/mol. The third kappa shape index (κ3) is 2.53. The van der Waals surface area contributed by atoms with E-state index in [1.165, 1.54) is 16.7 Å². The van der Waals surface area contributed by atoms with Crippen molar-refractivity contribution in [2.24, 2.45) is 0 Å². The van der Waals surface area contributed by atoms with Crippen LogP contribution in [0.15, 0.2) is 18.2 Å². The van der Waals surface area contributed by atoms with Crippen molar-refractivity contribution in [2.45, 2.75) is 26.7 Å². The van der Waals surface area contributed by atoms with E-state index in [-0.39, 0.29) is 0 Å². The van der Waals surface area contributed by atoms with Gasteiger partial charge < -0.3 is 0 Å². The van der Waals surface area contributed by atoms with Crippen molar-refractivity contribution >= 4 is 11.6 Å². The molecule has 0 aromatic heterocycles. The first kappa shape index (κ1) is 9.60. The molecule has 1 heteroatoms. The molecule has 0 aliphatic heterocycles. The van der Waals surface area contributed by atoms with Gasteiger partial charge in [0.15, 0.2) is 0 Å².